The van der Waals surface area contributed by atoms with Gasteiger partial charge in [-0.2, -0.15) is 9.12 Å². The SMILES string of the molecule is [B]P.[Nb].[Ni]. The van der Waals surface area contributed by atoms with Crippen LogP contribution in [0.4, 0.5) is 0 Å². The van der Waals surface area contributed by atoms with Gasteiger partial charge in [-0.1, -0.05) is 0 Å². The van der Waals surface area contributed by atoms with Crippen molar-refractivity contribution in [1.82, 2.24) is 0 Å². The van der Waals surface area contributed by atoms with Crippen LogP contribution in [0.5, 0.6) is 0 Å². The molecule has 0 aliphatic heterocycles. The van der Waals surface area contributed by atoms with Crippen molar-refractivity contribution in [2.24, 2.45) is 0 Å². The van der Waals surface area contributed by atoms with Gasteiger partial charge in [-0.05, 0) is 0 Å². The molecular formula is H2BNbNiP. The molecule has 4 heteroatoms. The monoisotopic (exact) mass is 195 g/mol. The predicted octanol–water partition coefficient (Wildman–Crippen LogP) is -0.0600. The van der Waals surface area contributed by atoms with E-state index in [0.717, 1.165) is 0 Å². The normalized spacial score (nSPS) is 1.25. The first-order chi connectivity index (χ1) is 1.00. The van der Waals surface area contributed by atoms with Crippen molar-refractivity contribution in [3.63, 3.8) is 0 Å². The molecule has 0 aromatic carbocycles. The summed E-state index contributed by atoms with van der Waals surface area (Å²) in [7, 11) is 6.33. The molecule has 0 saturated heterocycles. The molecule has 0 nitrogen and oxygen atoms in total. The van der Waals surface area contributed by atoms with Crippen molar-refractivity contribution in [1.29, 1.82) is 0 Å². The molecule has 0 aliphatic carbocycles. The van der Waals surface area contributed by atoms with Gasteiger partial charge in [-0.25, -0.2) is 0 Å². The Labute approximate surface area is 55.5 Å². The van der Waals surface area contributed by atoms with Gasteiger partial charge in [0.25, 0.3) is 0 Å². The van der Waals surface area contributed by atoms with Crippen LogP contribution in [-0.4, -0.2) is 7.57 Å². The van der Waals surface area contributed by atoms with E-state index in [9.17, 15) is 0 Å². The molecule has 0 aliphatic rings. The third-order valence-corrected chi connectivity index (χ3v) is 0. The van der Waals surface area contributed by atoms with Gasteiger partial charge in [-0.15, -0.1) is 0 Å². The summed E-state index contributed by atoms with van der Waals surface area (Å²) in [6.45, 7) is 0. The summed E-state index contributed by atoms with van der Waals surface area (Å²) in [4.78, 5) is 0. The Morgan fingerprint density at radius 1 is 1.25 bits per heavy atom. The summed E-state index contributed by atoms with van der Waals surface area (Å²) >= 11 is 0. The Kier molecular flexibility index (Phi) is 94.6. The van der Waals surface area contributed by atoms with E-state index in [2.05, 4.69) is 7.57 Å². The molecule has 3 radical (unpaired) electrons. The number of hydrogen-bond acceptors (Lipinski definition) is 0. The summed E-state index contributed by atoms with van der Waals surface area (Å²) < 4.78 is 0. The Morgan fingerprint density at radius 2 is 1.25 bits per heavy atom. The molecule has 1 atom stereocenters. The van der Waals surface area contributed by atoms with Crippen molar-refractivity contribution in [3.8, 4) is 0 Å². The van der Waals surface area contributed by atoms with Gasteiger partial charge in [-0.3, -0.25) is 0 Å². The molecule has 0 amide bonds. The second-order valence-corrected chi connectivity index (χ2v) is 0. The van der Waals surface area contributed by atoms with Crippen molar-refractivity contribution in [2.45, 2.75) is 0 Å². The van der Waals surface area contributed by atoms with Crippen molar-refractivity contribution in [2.75, 3.05) is 0 Å². The Bertz CT molecular complexity index is 8.00. The minimum Gasteiger partial charge on any atom is -0.187 e. The van der Waals surface area contributed by atoms with Gasteiger partial charge < -0.3 is 0 Å². The Balaban J connectivity index is -0.00000000500. The number of hydrogen-bond donors (Lipinski definition) is 0. The first kappa shape index (κ1) is 17.2. The summed E-state index contributed by atoms with van der Waals surface area (Å²) in [6.07, 6.45) is 0. The fourth-order valence-electron chi connectivity index (χ4n) is 0. The van der Waals surface area contributed by atoms with Crippen molar-refractivity contribution in [3.05, 3.63) is 0 Å². The molecule has 0 bridgehead atoms. The molecule has 0 aromatic heterocycles. The quantitative estimate of drug-likeness (QED) is 0.375. The summed E-state index contributed by atoms with van der Waals surface area (Å²) in [5.41, 5.74) is 0. The van der Waals surface area contributed by atoms with E-state index in [1.165, 1.54) is 0 Å². The van der Waals surface area contributed by atoms with E-state index in [1.807, 2.05) is 9.12 Å². The summed E-state index contributed by atoms with van der Waals surface area (Å²) in [6, 6.07) is 0. The van der Waals surface area contributed by atoms with Crippen LogP contribution in [-0.2, 0) is 38.9 Å². The molecule has 0 rings (SSSR count). The van der Waals surface area contributed by atoms with Crippen LogP contribution in [0, 0.1) is 0 Å². The topological polar surface area (TPSA) is 0 Å². The molecule has 4 heavy (non-hydrogen) atoms. The molecule has 0 heterocycles. The standard InChI is InChI=1S/BH2P.Nb.Ni/c1-2;;/h2H2;;. The molecule has 0 fully saturated rings. The van der Waals surface area contributed by atoms with Crippen LogP contribution in [0.25, 0.3) is 0 Å². The molecule has 0 saturated carbocycles. The van der Waals surface area contributed by atoms with Crippen LogP contribution >= 0.6 is 9.12 Å². The van der Waals surface area contributed by atoms with Gasteiger partial charge in [0.1, 0.15) is 0 Å². The molecule has 25 valence electrons. The maximum atomic E-state index is 4.42. The summed E-state index contributed by atoms with van der Waals surface area (Å²) in [5, 5.41) is 0. The average Bonchev–Trinajstić information content (AvgIpc) is 1.00. The van der Waals surface area contributed by atoms with Gasteiger partial charge in [0.05, 0.1) is 7.57 Å². The Morgan fingerprint density at radius 3 is 1.25 bits per heavy atom. The zero-order valence-electron chi connectivity index (χ0n) is 1.92. The minimum atomic E-state index is 0. The largest absolute Gasteiger partial charge is 0.187 e. The second-order valence-electron chi connectivity index (χ2n) is 0. The average molecular weight is 195 g/mol. The molecular weight excluding hydrogens is 193 g/mol. The van der Waals surface area contributed by atoms with Gasteiger partial charge in [0, 0.05) is 38.9 Å². The predicted molar refractivity (Wildman–Crippen MR) is 15.5 cm³/mol. The molecule has 0 aromatic rings. The maximum Gasteiger partial charge on any atom is 0.0996 e. The number of rotatable bonds is 0. The van der Waals surface area contributed by atoms with Gasteiger partial charge >= 0.3 is 0 Å². The van der Waals surface area contributed by atoms with Crippen molar-refractivity contribution < 1.29 is 38.9 Å². The van der Waals surface area contributed by atoms with E-state index >= 15 is 0 Å². The third-order valence-electron chi connectivity index (χ3n) is 0. The fourth-order valence-corrected chi connectivity index (χ4v) is 0. The van der Waals surface area contributed by atoms with E-state index in [-0.39, 0.29) is 38.9 Å². The molecule has 0 N–H and O–H groups in total. The minimum absolute atomic E-state index is 0. The van der Waals surface area contributed by atoms with Crippen LogP contribution in [0.3, 0.4) is 0 Å². The first-order valence-corrected chi connectivity index (χ1v) is 1.00. The van der Waals surface area contributed by atoms with Crippen LogP contribution in [0.1, 0.15) is 0 Å². The van der Waals surface area contributed by atoms with Crippen LogP contribution in [0.15, 0.2) is 0 Å². The van der Waals surface area contributed by atoms with E-state index in [1.54, 1.807) is 0 Å². The van der Waals surface area contributed by atoms with E-state index < -0.39 is 0 Å². The van der Waals surface area contributed by atoms with Crippen molar-refractivity contribution >= 4 is 16.7 Å². The first-order valence-electron chi connectivity index (χ1n) is 0.333. The second kappa shape index (κ2) is 22.0. The Hall–Kier alpha value is 1.73. The smallest absolute Gasteiger partial charge is 0.0996 e. The maximum absolute atomic E-state index is 4.42. The molecule has 0 spiro atoms. The van der Waals surface area contributed by atoms with E-state index in [0.29, 0.717) is 0 Å². The zero-order valence-corrected chi connectivity index (χ0v) is 6.26. The third kappa shape index (κ3) is 9.29. The zero-order chi connectivity index (χ0) is 2.00. The van der Waals surface area contributed by atoms with E-state index in [4.69, 9.17) is 0 Å². The molecule has 1 unspecified atom stereocenters. The van der Waals surface area contributed by atoms with Crippen LogP contribution in [0.2, 0.25) is 0 Å². The fraction of sp³-hybridized carbons (Fsp3) is 0. The summed E-state index contributed by atoms with van der Waals surface area (Å²) in [5.74, 6) is 0. The van der Waals surface area contributed by atoms with Crippen LogP contribution < -0.4 is 0 Å². The van der Waals surface area contributed by atoms with Gasteiger partial charge in [0.15, 0.2) is 0 Å². The van der Waals surface area contributed by atoms with Gasteiger partial charge in [0.2, 0.25) is 0 Å².